The Morgan fingerprint density at radius 3 is 2.58 bits per heavy atom. The van der Waals surface area contributed by atoms with Crippen LogP contribution in [0.1, 0.15) is 43.7 Å². The molecule has 5 rings (SSSR count). The molecule has 1 aliphatic rings. The number of hydrogen-bond acceptors (Lipinski definition) is 8. The van der Waals surface area contributed by atoms with E-state index >= 15 is 0 Å². The van der Waals surface area contributed by atoms with Crippen LogP contribution in [-0.4, -0.2) is 21.6 Å². The van der Waals surface area contributed by atoms with Gasteiger partial charge in [-0.2, -0.15) is 0 Å². The third-order valence-electron chi connectivity index (χ3n) is 6.36. The molecule has 40 heavy (non-hydrogen) atoms. The minimum Gasteiger partial charge on any atom is -0.459 e. The third kappa shape index (κ3) is 5.15. The van der Waals surface area contributed by atoms with Crippen molar-refractivity contribution in [1.82, 2.24) is 4.57 Å². The fourth-order valence-corrected chi connectivity index (χ4v) is 5.65. The smallest absolute Gasteiger partial charge is 0.338 e. The number of aromatic nitrogens is 1. The van der Waals surface area contributed by atoms with Crippen LogP contribution in [0, 0.1) is 17.0 Å². The summed E-state index contributed by atoms with van der Waals surface area (Å²) in [6.45, 7) is 6.90. The molecule has 0 radical (unpaired) electrons. The third-order valence-corrected chi connectivity index (χ3v) is 7.60. The van der Waals surface area contributed by atoms with Gasteiger partial charge in [-0.3, -0.25) is 19.5 Å². The Morgan fingerprint density at radius 1 is 1.18 bits per heavy atom. The van der Waals surface area contributed by atoms with Crippen molar-refractivity contribution in [3.05, 3.63) is 118 Å². The first-order chi connectivity index (χ1) is 19.0. The predicted octanol–water partition coefficient (Wildman–Crippen LogP) is 5.32. The Hall–Kier alpha value is -4.28. The summed E-state index contributed by atoms with van der Waals surface area (Å²) in [7, 11) is 0. The van der Waals surface area contributed by atoms with Crippen LogP contribution in [-0.2, 0) is 9.53 Å². The summed E-state index contributed by atoms with van der Waals surface area (Å²) in [5, 5.41) is 11.9. The normalized spacial score (nSPS) is 15.2. The Balaban J connectivity index is 1.61. The maximum absolute atomic E-state index is 13.8. The number of aryl methyl sites for hydroxylation is 1. The van der Waals surface area contributed by atoms with E-state index in [4.69, 9.17) is 20.8 Å². The molecule has 1 unspecified atom stereocenters. The maximum atomic E-state index is 13.8. The summed E-state index contributed by atoms with van der Waals surface area (Å²) >= 11 is 7.28. The number of fused-ring (bicyclic) bond motifs is 1. The summed E-state index contributed by atoms with van der Waals surface area (Å²) in [6, 6.07) is 14.4. The number of rotatable bonds is 6. The van der Waals surface area contributed by atoms with Gasteiger partial charge >= 0.3 is 5.97 Å². The molecule has 0 N–H and O–H groups in total. The number of furan rings is 1. The molecule has 0 fully saturated rings. The van der Waals surface area contributed by atoms with Crippen LogP contribution in [0.5, 0.6) is 0 Å². The number of nitro benzene ring substituents is 1. The number of carbonyl (C=O) groups is 1. The predicted molar refractivity (Wildman–Crippen MR) is 152 cm³/mol. The largest absolute Gasteiger partial charge is 0.459 e. The molecule has 1 aliphatic heterocycles. The van der Waals surface area contributed by atoms with Gasteiger partial charge in [0.1, 0.15) is 11.5 Å². The van der Waals surface area contributed by atoms with Crippen molar-refractivity contribution in [2.75, 3.05) is 0 Å². The highest BCUT2D eigenvalue weighted by molar-refractivity contribution is 7.07. The van der Waals surface area contributed by atoms with E-state index in [0.29, 0.717) is 48.3 Å². The van der Waals surface area contributed by atoms with Crippen molar-refractivity contribution in [3.63, 3.8) is 0 Å². The molecule has 0 aliphatic carbocycles. The van der Waals surface area contributed by atoms with Gasteiger partial charge in [-0.15, -0.1) is 0 Å². The molecule has 0 saturated carbocycles. The van der Waals surface area contributed by atoms with Crippen LogP contribution in [0.4, 0.5) is 5.69 Å². The van der Waals surface area contributed by atoms with Gasteiger partial charge in [0.2, 0.25) is 0 Å². The number of thiazole rings is 1. The number of halogens is 1. The molecule has 4 aromatic rings. The quantitative estimate of drug-likeness (QED) is 0.174. The molecule has 0 bridgehead atoms. The van der Waals surface area contributed by atoms with Crippen LogP contribution in [0.3, 0.4) is 0 Å². The molecular weight excluding hydrogens is 554 g/mol. The number of allylic oxidation sites excluding steroid dienone is 1. The molecule has 2 aromatic heterocycles. The lowest BCUT2D eigenvalue weighted by Gasteiger charge is -2.25. The van der Waals surface area contributed by atoms with Crippen molar-refractivity contribution >= 4 is 40.7 Å². The van der Waals surface area contributed by atoms with E-state index in [0.717, 1.165) is 0 Å². The standard InChI is InChI=1S/C29H24ClN3O6S/c1-15(2)38-28(35)25-17(4)31-29-32(26(25)18-7-9-20(30)10-8-18)27(34)24(40-29)14-21-11-12-23(39-21)19-6-5-16(3)22(13-19)33(36)37/h5-15,26H,1-4H3/b24-14+. The first-order valence-corrected chi connectivity index (χ1v) is 13.6. The number of esters is 1. The van der Waals surface area contributed by atoms with Gasteiger partial charge in [-0.1, -0.05) is 47.2 Å². The molecular formula is C29H24ClN3O6S. The number of ether oxygens (including phenoxy) is 1. The number of nitro groups is 1. The fraction of sp³-hybridized carbons (Fsp3) is 0.207. The molecule has 204 valence electrons. The van der Waals surface area contributed by atoms with Crippen LogP contribution >= 0.6 is 22.9 Å². The highest BCUT2D eigenvalue weighted by Crippen LogP contribution is 2.32. The number of benzene rings is 2. The number of hydrogen-bond donors (Lipinski definition) is 0. The van der Waals surface area contributed by atoms with Crippen LogP contribution < -0.4 is 14.9 Å². The summed E-state index contributed by atoms with van der Waals surface area (Å²) < 4.78 is 13.3. The highest BCUT2D eigenvalue weighted by Gasteiger charge is 2.33. The molecule has 0 amide bonds. The minimum absolute atomic E-state index is 0.00636. The van der Waals surface area contributed by atoms with Crippen molar-refractivity contribution < 1.29 is 18.9 Å². The van der Waals surface area contributed by atoms with E-state index in [2.05, 4.69) is 4.99 Å². The van der Waals surface area contributed by atoms with Crippen LogP contribution in [0.15, 0.2) is 80.1 Å². The molecule has 11 heteroatoms. The topological polar surface area (TPSA) is 117 Å². The minimum atomic E-state index is -0.762. The van der Waals surface area contributed by atoms with Gasteiger partial charge < -0.3 is 9.15 Å². The zero-order chi connectivity index (χ0) is 28.7. The number of nitrogens with zero attached hydrogens (tertiary/aromatic N) is 3. The van der Waals surface area contributed by atoms with Gasteiger partial charge in [-0.25, -0.2) is 9.79 Å². The van der Waals surface area contributed by atoms with Crippen molar-refractivity contribution in [2.24, 2.45) is 4.99 Å². The van der Waals surface area contributed by atoms with Gasteiger partial charge in [0.05, 0.1) is 32.9 Å². The monoisotopic (exact) mass is 577 g/mol. The van der Waals surface area contributed by atoms with E-state index in [1.807, 2.05) is 0 Å². The Morgan fingerprint density at radius 2 is 1.90 bits per heavy atom. The second-order valence-corrected chi connectivity index (χ2v) is 11.0. The zero-order valence-electron chi connectivity index (χ0n) is 22.0. The fourth-order valence-electron chi connectivity index (χ4n) is 4.49. The first kappa shape index (κ1) is 27.3. The molecule has 3 heterocycles. The van der Waals surface area contributed by atoms with Crippen molar-refractivity contribution in [2.45, 2.75) is 39.8 Å². The summed E-state index contributed by atoms with van der Waals surface area (Å²) in [5.41, 5.74) is 2.15. The molecule has 1 atom stereocenters. The van der Waals surface area contributed by atoms with Crippen LogP contribution in [0.25, 0.3) is 17.4 Å². The average Bonchev–Trinajstić information content (AvgIpc) is 3.48. The summed E-state index contributed by atoms with van der Waals surface area (Å²) in [4.78, 5) is 42.9. The van der Waals surface area contributed by atoms with E-state index in [1.165, 1.54) is 22.0 Å². The first-order valence-electron chi connectivity index (χ1n) is 12.4. The van der Waals surface area contributed by atoms with Crippen LogP contribution in [0.2, 0.25) is 5.02 Å². The molecule has 0 spiro atoms. The number of carbonyl (C=O) groups excluding carboxylic acids is 1. The summed E-state index contributed by atoms with van der Waals surface area (Å²) in [6.07, 6.45) is 1.24. The van der Waals surface area contributed by atoms with Gasteiger partial charge in [0.25, 0.3) is 11.2 Å². The molecule has 0 saturated heterocycles. The lowest BCUT2D eigenvalue weighted by atomic mass is 9.96. The maximum Gasteiger partial charge on any atom is 0.338 e. The van der Waals surface area contributed by atoms with Crippen molar-refractivity contribution in [3.8, 4) is 11.3 Å². The molecule has 2 aromatic carbocycles. The Kier molecular flexibility index (Phi) is 7.31. The average molecular weight is 578 g/mol. The second-order valence-electron chi connectivity index (χ2n) is 9.55. The lowest BCUT2D eigenvalue weighted by molar-refractivity contribution is -0.385. The summed E-state index contributed by atoms with van der Waals surface area (Å²) in [5.74, 6) is 0.269. The Labute approximate surface area is 237 Å². The Bertz CT molecular complexity index is 1860. The van der Waals surface area contributed by atoms with E-state index in [-0.39, 0.29) is 22.9 Å². The van der Waals surface area contributed by atoms with Crippen molar-refractivity contribution in [1.29, 1.82) is 0 Å². The van der Waals surface area contributed by atoms with E-state index < -0.39 is 16.9 Å². The van der Waals surface area contributed by atoms with Gasteiger partial charge in [-0.05, 0) is 57.5 Å². The van der Waals surface area contributed by atoms with E-state index in [1.54, 1.807) is 82.3 Å². The SMILES string of the molecule is CC1=C(C(=O)OC(C)C)C(c2ccc(Cl)cc2)n2c(s/c(=C/c3ccc(-c4ccc(C)c([N+](=O)[O-])c4)o3)c2=O)=N1. The zero-order valence-corrected chi connectivity index (χ0v) is 23.6. The molecule has 9 nitrogen and oxygen atoms in total. The van der Waals surface area contributed by atoms with E-state index in [9.17, 15) is 19.7 Å². The van der Waals surface area contributed by atoms with Gasteiger partial charge in [0.15, 0.2) is 4.80 Å². The lowest BCUT2D eigenvalue weighted by Crippen LogP contribution is -2.40. The second kappa shape index (κ2) is 10.7. The van der Waals surface area contributed by atoms with Gasteiger partial charge in [0, 0.05) is 28.3 Å². The highest BCUT2D eigenvalue weighted by atomic mass is 35.5.